The fraction of sp³-hybridized carbons (Fsp3) is 0.450. The van der Waals surface area contributed by atoms with Gasteiger partial charge in [-0.15, -0.1) is 0 Å². The molecule has 2 rings (SSSR count). The monoisotopic (exact) mass is 431 g/mol. The zero-order valence-corrected chi connectivity index (χ0v) is 19.0. The average molecular weight is 432 g/mol. The van der Waals surface area contributed by atoms with Gasteiger partial charge in [0, 0.05) is 30.2 Å². The van der Waals surface area contributed by atoms with Crippen molar-refractivity contribution < 1.29 is 4.39 Å². The van der Waals surface area contributed by atoms with Crippen LogP contribution < -0.4 is 16.8 Å². The number of hydrogen-bond acceptors (Lipinski definition) is 5. The van der Waals surface area contributed by atoms with Gasteiger partial charge in [0.2, 0.25) is 0 Å². The first-order valence-electron chi connectivity index (χ1n) is 9.42. The van der Waals surface area contributed by atoms with Crippen molar-refractivity contribution in [2.75, 3.05) is 13.1 Å². The Morgan fingerprint density at radius 1 is 1.25 bits per heavy atom. The molecule has 0 aromatic heterocycles. The lowest BCUT2D eigenvalue weighted by Gasteiger charge is -2.32. The summed E-state index contributed by atoms with van der Waals surface area (Å²) >= 11 is 12.1. The molecule has 28 heavy (non-hydrogen) atoms. The Hall–Kier alpha value is -2.10. The normalized spacial score (nSPS) is 12.9. The lowest BCUT2D eigenvalue weighted by atomic mass is 10.1. The van der Waals surface area contributed by atoms with Crippen LogP contribution in [0, 0.1) is 17.1 Å². The molecular formula is C20H32Cl2FN5. The van der Waals surface area contributed by atoms with Crippen molar-refractivity contribution in [3.8, 4) is 6.07 Å². The summed E-state index contributed by atoms with van der Waals surface area (Å²) in [5.41, 5.74) is 12.5. The molecule has 1 heterocycles. The quantitative estimate of drug-likeness (QED) is 0.456. The third-order valence-corrected chi connectivity index (χ3v) is 3.99. The van der Waals surface area contributed by atoms with Crippen molar-refractivity contribution >= 4 is 23.2 Å². The summed E-state index contributed by atoms with van der Waals surface area (Å²) in [6.07, 6.45) is 1.46. The molecule has 1 aliphatic rings. The highest BCUT2D eigenvalue weighted by atomic mass is 35.5. The van der Waals surface area contributed by atoms with Crippen LogP contribution in [-0.2, 0) is 6.54 Å². The maximum Gasteiger partial charge on any atom is 0.142 e. The minimum Gasteiger partial charge on any atom is -0.390 e. The second-order valence-electron chi connectivity index (χ2n) is 4.68. The Balaban J connectivity index is 0. The van der Waals surface area contributed by atoms with Crippen LogP contribution in [0.25, 0.3) is 0 Å². The zero-order chi connectivity index (χ0) is 22.3. The molecule has 1 aromatic carbocycles. The largest absolute Gasteiger partial charge is 0.390 e. The molecule has 0 aliphatic carbocycles. The Morgan fingerprint density at radius 2 is 1.82 bits per heavy atom. The highest BCUT2D eigenvalue weighted by molar-refractivity contribution is 6.36. The van der Waals surface area contributed by atoms with E-state index >= 15 is 0 Å². The fourth-order valence-electron chi connectivity index (χ4n) is 2.12. The van der Waals surface area contributed by atoms with Crippen molar-refractivity contribution in [2.24, 2.45) is 11.5 Å². The van der Waals surface area contributed by atoms with E-state index in [1.54, 1.807) is 0 Å². The standard InChI is InChI=1S/C14H14Cl2FN5.3C2H6/c15-10-1-2-11(17)13(16)9(10)7-22-4-3-21-14(20)12(22)5-8(19)6-18;3*1-2/h1-2,5,21H,3-4,7,19-20H2;3*1-2H3/b8-5-;;;. The van der Waals surface area contributed by atoms with E-state index < -0.39 is 5.82 Å². The Bertz CT molecular complexity index is 697. The van der Waals surface area contributed by atoms with Crippen LogP contribution in [0.2, 0.25) is 10.0 Å². The molecule has 0 bridgehead atoms. The van der Waals surface area contributed by atoms with Crippen LogP contribution in [0.4, 0.5) is 4.39 Å². The number of rotatable bonds is 3. The lowest BCUT2D eigenvalue weighted by Crippen LogP contribution is -2.41. The van der Waals surface area contributed by atoms with Crippen LogP contribution in [0.15, 0.2) is 35.4 Å². The second kappa shape index (κ2) is 15.9. The fourth-order valence-corrected chi connectivity index (χ4v) is 2.61. The summed E-state index contributed by atoms with van der Waals surface area (Å²) in [6.45, 7) is 13.4. The minimum absolute atomic E-state index is 0.0167. The predicted molar refractivity (Wildman–Crippen MR) is 118 cm³/mol. The predicted octanol–water partition coefficient (Wildman–Crippen LogP) is 5.11. The SMILES string of the molecule is CC.CC.CC.N#C/C(N)=C/C1=C(N)NCCN1Cc1c(Cl)ccc(F)c1Cl. The van der Waals surface area contributed by atoms with E-state index in [-0.39, 0.29) is 17.3 Å². The van der Waals surface area contributed by atoms with E-state index in [0.29, 0.717) is 35.2 Å². The first-order valence-corrected chi connectivity index (χ1v) is 10.2. The molecule has 5 nitrogen and oxygen atoms in total. The van der Waals surface area contributed by atoms with Gasteiger partial charge in [-0.1, -0.05) is 64.7 Å². The number of benzene rings is 1. The van der Waals surface area contributed by atoms with Gasteiger partial charge in [0.15, 0.2) is 0 Å². The molecule has 0 unspecified atom stereocenters. The van der Waals surface area contributed by atoms with Crippen LogP contribution in [0.5, 0.6) is 0 Å². The van der Waals surface area contributed by atoms with Gasteiger partial charge in [-0.05, 0) is 18.2 Å². The number of nitrogens with one attached hydrogen (secondary N) is 1. The maximum atomic E-state index is 13.6. The molecule has 0 saturated carbocycles. The molecule has 8 heteroatoms. The van der Waals surface area contributed by atoms with Gasteiger partial charge in [-0.2, -0.15) is 5.26 Å². The van der Waals surface area contributed by atoms with Crippen molar-refractivity contribution in [2.45, 2.75) is 48.1 Å². The smallest absolute Gasteiger partial charge is 0.142 e. The van der Waals surface area contributed by atoms with Gasteiger partial charge >= 0.3 is 0 Å². The molecular weight excluding hydrogens is 400 g/mol. The van der Waals surface area contributed by atoms with E-state index in [1.165, 1.54) is 18.2 Å². The van der Waals surface area contributed by atoms with E-state index in [4.69, 9.17) is 39.9 Å². The summed E-state index contributed by atoms with van der Waals surface area (Å²) < 4.78 is 13.6. The molecule has 158 valence electrons. The van der Waals surface area contributed by atoms with E-state index in [9.17, 15) is 4.39 Å². The van der Waals surface area contributed by atoms with Gasteiger partial charge in [0.05, 0.1) is 10.7 Å². The summed E-state index contributed by atoms with van der Waals surface area (Å²) in [7, 11) is 0. The van der Waals surface area contributed by atoms with Crippen molar-refractivity contribution in [1.29, 1.82) is 5.26 Å². The van der Waals surface area contributed by atoms with E-state index in [2.05, 4.69) is 5.32 Å². The topological polar surface area (TPSA) is 91.1 Å². The van der Waals surface area contributed by atoms with Gasteiger partial charge in [-0.3, -0.25) is 0 Å². The third-order valence-electron chi connectivity index (χ3n) is 3.22. The summed E-state index contributed by atoms with van der Waals surface area (Å²) in [5, 5.41) is 12.1. The van der Waals surface area contributed by atoms with Gasteiger partial charge in [-0.25, -0.2) is 4.39 Å². The third kappa shape index (κ3) is 8.28. The van der Waals surface area contributed by atoms with Crippen molar-refractivity contribution in [1.82, 2.24) is 10.2 Å². The first kappa shape index (κ1) is 28.1. The molecule has 0 saturated heterocycles. The average Bonchev–Trinajstić information content (AvgIpc) is 2.74. The van der Waals surface area contributed by atoms with Crippen molar-refractivity contribution in [3.63, 3.8) is 0 Å². The summed E-state index contributed by atoms with van der Waals surface area (Å²) in [5.74, 6) is -0.158. The molecule has 1 aromatic rings. The molecule has 1 aliphatic heterocycles. The van der Waals surface area contributed by atoms with Crippen LogP contribution in [0.1, 0.15) is 47.1 Å². The molecule has 0 radical (unpaired) electrons. The van der Waals surface area contributed by atoms with Crippen LogP contribution >= 0.6 is 23.2 Å². The minimum atomic E-state index is -0.540. The number of nitriles is 1. The molecule has 5 N–H and O–H groups in total. The zero-order valence-electron chi connectivity index (χ0n) is 17.5. The number of hydrogen-bond donors (Lipinski definition) is 3. The van der Waals surface area contributed by atoms with E-state index in [1.807, 2.05) is 52.5 Å². The highest BCUT2D eigenvalue weighted by Crippen LogP contribution is 2.30. The number of allylic oxidation sites excluding steroid dienone is 2. The molecule has 0 fully saturated rings. The van der Waals surface area contributed by atoms with Gasteiger partial charge < -0.3 is 21.7 Å². The summed E-state index contributed by atoms with van der Waals surface area (Å²) in [4.78, 5) is 1.84. The first-order chi connectivity index (χ1) is 13.4. The number of nitrogens with two attached hydrogens (primary N) is 2. The molecule has 0 atom stereocenters. The molecule has 0 spiro atoms. The highest BCUT2D eigenvalue weighted by Gasteiger charge is 2.20. The molecule has 0 amide bonds. The van der Waals surface area contributed by atoms with Gasteiger partial charge in [0.25, 0.3) is 0 Å². The number of nitrogens with zero attached hydrogens (tertiary/aromatic N) is 2. The Kier molecular flexibility index (Phi) is 16.0. The number of halogens is 3. The summed E-state index contributed by atoms with van der Waals surface area (Å²) in [6, 6.07) is 4.50. The Labute approximate surface area is 178 Å². The van der Waals surface area contributed by atoms with Crippen LogP contribution in [0.3, 0.4) is 0 Å². The van der Waals surface area contributed by atoms with E-state index in [0.717, 1.165) is 0 Å². The second-order valence-corrected chi connectivity index (χ2v) is 5.47. The van der Waals surface area contributed by atoms with Crippen molar-refractivity contribution in [3.05, 3.63) is 56.8 Å². The van der Waals surface area contributed by atoms with Crippen LogP contribution in [-0.4, -0.2) is 18.0 Å². The van der Waals surface area contributed by atoms with Gasteiger partial charge in [0.1, 0.15) is 23.4 Å². The maximum absolute atomic E-state index is 13.6. The Morgan fingerprint density at radius 3 is 2.36 bits per heavy atom. The lowest BCUT2D eigenvalue weighted by molar-refractivity contribution is 0.320.